The second kappa shape index (κ2) is 3.76. The summed E-state index contributed by atoms with van der Waals surface area (Å²) >= 11 is 0. The fourth-order valence-electron chi connectivity index (χ4n) is 2.29. The number of nitro benzene ring substituents is 1. The van der Waals surface area contributed by atoms with Crippen LogP contribution in [0, 0.1) is 24.0 Å². The molecule has 0 aliphatic carbocycles. The maximum atomic E-state index is 11.2. The number of hydrogen-bond donors (Lipinski definition) is 0. The van der Waals surface area contributed by atoms with Gasteiger partial charge < -0.3 is 9.30 Å². The number of ether oxygens (including phenoxy) is 1. The first kappa shape index (κ1) is 11.4. The number of nitro groups is 1. The molecule has 0 amide bonds. The fourth-order valence-corrected chi connectivity index (χ4v) is 2.29. The number of aryl methyl sites for hydroxylation is 3. The second-order valence-corrected chi connectivity index (χ2v) is 4.15. The minimum absolute atomic E-state index is 0.0561. The van der Waals surface area contributed by atoms with Gasteiger partial charge in [-0.25, -0.2) is 0 Å². The van der Waals surface area contributed by atoms with Gasteiger partial charge in [0.15, 0.2) is 0 Å². The van der Waals surface area contributed by atoms with Crippen LogP contribution in [0.2, 0.25) is 0 Å². The number of methoxy groups -OCH3 is 1. The summed E-state index contributed by atoms with van der Waals surface area (Å²) in [6, 6.07) is 1.91. The topological polar surface area (TPSA) is 57.3 Å². The van der Waals surface area contributed by atoms with E-state index < -0.39 is 0 Å². The smallest absolute Gasteiger partial charge is 0.320 e. The average Bonchev–Trinajstić information content (AvgIpc) is 2.52. The van der Waals surface area contributed by atoms with Crippen LogP contribution in [0.25, 0.3) is 10.9 Å². The lowest BCUT2D eigenvalue weighted by Crippen LogP contribution is -1.98. The van der Waals surface area contributed by atoms with Gasteiger partial charge in [0.1, 0.15) is 0 Å². The van der Waals surface area contributed by atoms with Crippen molar-refractivity contribution in [2.45, 2.75) is 13.8 Å². The predicted octanol–water partition coefficient (Wildman–Crippen LogP) is 2.71. The standard InChI is InChI=1S/C12H14N2O3/c1-7-5-9-10(8(2)6-13(9)3)11(14(15)16)12(7)17-4/h5-6H,1-4H3. The lowest BCUT2D eigenvalue weighted by Gasteiger charge is -2.07. The molecule has 0 fully saturated rings. The Morgan fingerprint density at radius 3 is 2.53 bits per heavy atom. The van der Waals surface area contributed by atoms with E-state index in [1.165, 1.54) is 7.11 Å². The van der Waals surface area contributed by atoms with Crippen molar-refractivity contribution in [3.05, 3.63) is 33.5 Å². The lowest BCUT2D eigenvalue weighted by atomic mass is 10.1. The van der Waals surface area contributed by atoms with E-state index in [1.807, 2.05) is 37.7 Å². The molecule has 1 heterocycles. The summed E-state index contributed by atoms with van der Waals surface area (Å²) in [6.07, 6.45) is 1.89. The summed E-state index contributed by atoms with van der Waals surface area (Å²) in [4.78, 5) is 10.9. The lowest BCUT2D eigenvalue weighted by molar-refractivity contribution is -0.384. The van der Waals surface area contributed by atoms with Gasteiger partial charge >= 0.3 is 5.69 Å². The van der Waals surface area contributed by atoms with Crippen LogP contribution < -0.4 is 4.74 Å². The third-order valence-electron chi connectivity index (χ3n) is 2.97. The van der Waals surface area contributed by atoms with Crippen LogP contribution in [0.5, 0.6) is 5.75 Å². The van der Waals surface area contributed by atoms with Crippen molar-refractivity contribution in [3.63, 3.8) is 0 Å². The molecule has 1 aromatic carbocycles. The summed E-state index contributed by atoms with van der Waals surface area (Å²) in [5.41, 5.74) is 2.56. The van der Waals surface area contributed by atoms with Crippen molar-refractivity contribution in [1.29, 1.82) is 0 Å². The number of rotatable bonds is 2. The molecule has 0 saturated carbocycles. The summed E-state index contributed by atoms with van der Waals surface area (Å²) in [5.74, 6) is 0.344. The van der Waals surface area contributed by atoms with Gasteiger partial charge in [-0.1, -0.05) is 0 Å². The van der Waals surface area contributed by atoms with Crippen molar-refractivity contribution in [3.8, 4) is 5.75 Å². The van der Waals surface area contributed by atoms with Crippen LogP contribution in [0.4, 0.5) is 5.69 Å². The highest BCUT2D eigenvalue weighted by Gasteiger charge is 2.25. The molecule has 0 spiro atoms. The molecule has 5 nitrogen and oxygen atoms in total. The highest BCUT2D eigenvalue weighted by molar-refractivity contribution is 5.96. The summed E-state index contributed by atoms with van der Waals surface area (Å²) < 4.78 is 7.05. The molecule has 2 aromatic rings. The van der Waals surface area contributed by atoms with E-state index in [2.05, 4.69) is 0 Å². The highest BCUT2D eigenvalue weighted by Crippen LogP contribution is 2.40. The van der Waals surface area contributed by atoms with Crippen LogP contribution in [-0.4, -0.2) is 16.6 Å². The summed E-state index contributed by atoms with van der Waals surface area (Å²) in [7, 11) is 3.34. The van der Waals surface area contributed by atoms with Crippen molar-refractivity contribution in [1.82, 2.24) is 4.57 Å². The Labute approximate surface area is 98.8 Å². The second-order valence-electron chi connectivity index (χ2n) is 4.15. The van der Waals surface area contributed by atoms with Crippen molar-refractivity contribution in [2.75, 3.05) is 7.11 Å². The molecule has 1 aromatic heterocycles. The zero-order valence-corrected chi connectivity index (χ0v) is 10.3. The molecule has 5 heteroatoms. The van der Waals surface area contributed by atoms with Gasteiger partial charge in [-0.3, -0.25) is 10.1 Å². The third kappa shape index (κ3) is 1.54. The van der Waals surface area contributed by atoms with Crippen molar-refractivity contribution < 1.29 is 9.66 Å². The third-order valence-corrected chi connectivity index (χ3v) is 2.97. The molecule has 0 saturated heterocycles. The molecule has 2 rings (SSSR count). The van der Waals surface area contributed by atoms with E-state index in [-0.39, 0.29) is 10.6 Å². The normalized spacial score (nSPS) is 10.8. The van der Waals surface area contributed by atoms with Gasteiger partial charge in [0.2, 0.25) is 5.75 Å². The Balaban J connectivity index is 3.01. The van der Waals surface area contributed by atoms with Gasteiger partial charge in [0, 0.05) is 18.8 Å². The van der Waals surface area contributed by atoms with Crippen LogP contribution in [0.3, 0.4) is 0 Å². The maximum Gasteiger partial charge on any atom is 0.320 e. The average molecular weight is 234 g/mol. The number of aromatic nitrogens is 1. The fraction of sp³-hybridized carbons (Fsp3) is 0.333. The molecule has 0 unspecified atom stereocenters. The largest absolute Gasteiger partial charge is 0.490 e. The molecule has 90 valence electrons. The first-order valence-electron chi connectivity index (χ1n) is 5.25. The molecule has 0 atom stereocenters. The Morgan fingerprint density at radius 2 is 2.00 bits per heavy atom. The van der Waals surface area contributed by atoms with E-state index in [0.717, 1.165) is 16.6 Å². The van der Waals surface area contributed by atoms with Crippen LogP contribution in [-0.2, 0) is 7.05 Å². The molecule has 17 heavy (non-hydrogen) atoms. The Kier molecular flexibility index (Phi) is 2.53. The first-order valence-corrected chi connectivity index (χ1v) is 5.25. The minimum atomic E-state index is -0.374. The van der Waals surface area contributed by atoms with Crippen LogP contribution in [0.15, 0.2) is 12.3 Å². The molecular formula is C12H14N2O3. The summed E-state index contributed by atoms with van der Waals surface area (Å²) in [5, 5.41) is 11.9. The van der Waals surface area contributed by atoms with E-state index in [0.29, 0.717) is 11.1 Å². The number of hydrogen-bond acceptors (Lipinski definition) is 3. The highest BCUT2D eigenvalue weighted by atomic mass is 16.6. The summed E-state index contributed by atoms with van der Waals surface area (Å²) in [6.45, 7) is 3.68. The Bertz CT molecular complexity index is 614. The molecule has 0 bridgehead atoms. The molecular weight excluding hydrogens is 220 g/mol. The Hall–Kier alpha value is -2.04. The Morgan fingerprint density at radius 1 is 1.35 bits per heavy atom. The zero-order valence-electron chi connectivity index (χ0n) is 10.3. The van der Waals surface area contributed by atoms with Gasteiger partial charge in [0.25, 0.3) is 0 Å². The maximum absolute atomic E-state index is 11.2. The molecule has 0 radical (unpaired) electrons. The van der Waals surface area contributed by atoms with Gasteiger partial charge in [-0.15, -0.1) is 0 Å². The minimum Gasteiger partial charge on any atom is -0.490 e. The molecule has 0 aliphatic heterocycles. The van der Waals surface area contributed by atoms with Gasteiger partial charge in [-0.2, -0.15) is 0 Å². The van der Waals surface area contributed by atoms with Gasteiger partial charge in [0.05, 0.1) is 22.9 Å². The number of fused-ring (bicyclic) bond motifs is 1. The number of nitrogens with zero attached hydrogens (tertiary/aromatic N) is 2. The monoisotopic (exact) mass is 234 g/mol. The first-order chi connectivity index (χ1) is 7.97. The zero-order chi connectivity index (χ0) is 12.7. The van der Waals surface area contributed by atoms with Crippen LogP contribution in [0.1, 0.15) is 11.1 Å². The quantitative estimate of drug-likeness (QED) is 0.593. The van der Waals surface area contributed by atoms with E-state index in [1.54, 1.807) is 0 Å². The van der Waals surface area contributed by atoms with Gasteiger partial charge in [-0.05, 0) is 25.5 Å². The van der Waals surface area contributed by atoms with Crippen molar-refractivity contribution in [2.24, 2.45) is 7.05 Å². The number of benzene rings is 1. The van der Waals surface area contributed by atoms with E-state index in [4.69, 9.17) is 4.74 Å². The molecule has 0 N–H and O–H groups in total. The predicted molar refractivity (Wildman–Crippen MR) is 65.6 cm³/mol. The molecule has 0 aliphatic rings. The van der Waals surface area contributed by atoms with E-state index >= 15 is 0 Å². The van der Waals surface area contributed by atoms with Crippen LogP contribution >= 0.6 is 0 Å². The SMILES string of the molecule is COc1c(C)cc2c(c(C)cn2C)c1[N+](=O)[O-]. The van der Waals surface area contributed by atoms with Crippen molar-refractivity contribution >= 4 is 16.6 Å². The van der Waals surface area contributed by atoms with E-state index in [9.17, 15) is 10.1 Å².